The Balaban J connectivity index is 1.68. The number of ketones is 1. The van der Waals surface area contributed by atoms with E-state index >= 15 is 0 Å². The van der Waals surface area contributed by atoms with Crippen LogP contribution in [-0.2, 0) is 9.53 Å². The first-order valence-corrected chi connectivity index (χ1v) is 9.70. The van der Waals surface area contributed by atoms with Crippen LogP contribution in [0, 0.1) is 5.82 Å². The van der Waals surface area contributed by atoms with Crippen molar-refractivity contribution in [3.8, 4) is 5.75 Å². The van der Waals surface area contributed by atoms with Crippen LogP contribution in [0.15, 0.2) is 72.8 Å². The molecule has 0 aliphatic rings. The summed E-state index contributed by atoms with van der Waals surface area (Å²) < 4.78 is 47.0. The van der Waals surface area contributed by atoms with Gasteiger partial charge < -0.3 is 14.8 Å². The minimum absolute atomic E-state index is 0.0383. The third kappa shape index (κ3) is 6.19. The Morgan fingerprint density at radius 1 is 0.848 bits per heavy atom. The van der Waals surface area contributed by atoms with E-state index in [4.69, 9.17) is 4.74 Å². The van der Waals surface area contributed by atoms with Gasteiger partial charge in [0.05, 0.1) is 5.56 Å². The van der Waals surface area contributed by atoms with Gasteiger partial charge in [0.2, 0.25) is 0 Å². The highest BCUT2D eigenvalue weighted by molar-refractivity contribution is 6.14. The minimum Gasteiger partial charge on any atom is -0.449 e. The molecule has 0 saturated carbocycles. The molecule has 1 atom stereocenters. The average Bonchev–Trinajstić information content (AvgIpc) is 2.80. The summed E-state index contributed by atoms with van der Waals surface area (Å²) in [7, 11) is 0. The predicted molar refractivity (Wildman–Crippen MR) is 113 cm³/mol. The molecule has 0 aromatic heterocycles. The molecule has 9 heteroatoms. The molecule has 0 spiro atoms. The monoisotopic (exact) mass is 457 g/mol. The van der Waals surface area contributed by atoms with Crippen molar-refractivity contribution < 1.29 is 37.0 Å². The number of ether oxygens (including phenoxy) is 2. The van der Waals surface area contributed by atoms with E-state index in [-0.39, 0.29) is 28.1 Å². The van der Waals surface area contributed by atoms with Gasteiger partial charge in [-0.25, -0.2) is 9.18 Å². The Morgan fingerprint density at radius 3 is 2.06 bits per heavy atom. The van der Waals surface area contributed by atoms with E-state index in [0.29, 0.717) is 0 Å². The van der Waals surface area contributed by atoms with Crippen molar-refractivity contribution in [2.45, 2.75) is 19.6 Å². The number of halogens is 3. The van der Waals surface area contributed by atoms with Crippen LogP contribution in [-0.4, -0.2) is 30.4 Å². The molecule has 0 aliphatic heterocycles. The van der Waals surface area contributed by atoms with Gasteiger partial charge >= 0.3 is 12.6 Å². The van der Waals surface area contributed by atoms with Crippen LogP contribution >= 0.6 is 0 Å². The van der Waals surface area contributed by atoms with Gasteiger partial charge in [0.25, 0.3) is 5.91 Å². The van der Waals surface area contributed by atoms with E-state index in [1.807, 2.05) is 0 Å². The van der Waals surface area contributed by atoms with Crippen molar-refractivity contribution in [3.05, 3.63) is 95.3 Å². The number of rotatable bonds is 8. The Hall–Kier alpha value is -4.14. The van der Waals surface area contributed by atoms with E-state index in [1.165, 1.54) is 61.5 Å². The number of amides is 1. The van der Waals surface area contributed by atoms with Gasteiger partial charge in [-0.05, 0) is 61.5 Å². The first-order chi connectivity index (χ1) is 15.7. The summed E-state index contributed by atoms with van der Waals surface area (Å²) in [6.07, 6.45) is -1.23. The summed E-state index contributed by atoms with van der Waals surface area (Å²) >= 11 is 0. The lowest BCUT2D eigenvalue weighted by Gasteiger charge is -2.15. The van der Waals surface area contributed by atoms with Gasteiger partial charge in [-0.3, -0.25) is 9.59 Å². The standard InChI is InChI=1S/C24H18F3NO5/c1-14(22(30)28-17-10-12-18(13-11-17)33-24(26)27)32-23(31)20-5-3-2-4-19(20)21(29)15-6-8-16(25)9-7-15/h2-14,24H,1H3,(H,28,30). The molecule has 3 aromatic carbocycles. The van der Waals surface area contributed by atoms with Crippen molar-refractivity contribution in [3.63, 3.8) is 0 Å². The molecule has 0 fully saturated rings. The summed E-state index contributed by atoms with van der Waals surface area (Å²) in [5.41, 5.74) is 0.439. The number of hydrogen-bond acceptors (Lipinski definition) is 5. The SMILES string of the molecule is CC(OC(=O)c1ccccc1C(=O)c1ccc(F)cc1)C(=O)Nc1ccc(OC(F)F)cc1. The topological polar surface area (TPSA) is 81.7 Å². The lowest BCUT2D eigenvalue weighted by atomic mass is 9.98. The Kier molecular flexibility index (Phi) is 7.45. The maximum Gasteiger partial charge on any atom is 0.387 e. The van der Waals surface area contributed by atoms with Crippen molar-refractivity contribution >= 4 is 23.3 Å². The summed E-state index contributed by atoms with van der Waals surface area (Å²) in [5, 5.41) is 2.49. The van der Waals surface area contributed by atoms with E-state index in [0.717, 1.165) is 12.1 Å². The molecule has 1 amide bonds. The highest BCUT2D eigenvalue weighted by atomic mass is 19.3. The zero-order chi connectivity index (χ0) is 24.0. The molecular weight excluding hydrogens is 439 g/mol. The first-order valence-electron chi connectivity index (χ1n) is 9.70. The van der Waals surface area contributed by atoms with Gasteiger partial charge in [0.15, 0.2) is 11.9 Å². The van der Waals surface area contributed by atoms with Crippen LogP contribution < -0.4 is 10.1 Å². The fourth-order valence-electron chi connectivity index (χ4n) is 2.86. The van der Waals surface area contributed by atoms with Crippen LogP contribution in [0.1, 0.15) is 33.2 Å². The van der Waals surface area contributed by atoms with E-state index in [1.54, 1.807) is 6.07 Å². The normalized spacial score (nSPS) is 11.5. The molecule has 33 heavy (non-hydrogen) atoms. The van der Waals surface area contributed by atoms with Crippen LogP contribution in [0.2, 0.25) is 0 Å². The van der Waals surface area contributed by atoms with Gasteiger partial charge in [-0.2, -0.15) is 8.78 Å². The minimum atomic E-state index is -2.97. The Labute approximate surface area is 186 Å². The van der Waals surface area contributed by atoms with Gasteiger partial charge in [0, 0.05) is 16.8 Å². The molecule has 3 rings (SSSR count). The molecule has 0 aliphatic carbocycles. The number of nitrogens with one attached hydrogen (secondary N) is 1. The second kappa shape index (κ2) is 10.4. The third-order valence-corrected chi connectivity index (χ3v) is 4.50. The van der Waals surface area contributed by atoms with Crippen molar-refractivity contribution in [1.29, 1.82) is 0 Å². The number of hydrogen-bond donors (Lipinski definition) is 1. The molecule has 0 heterocycles. The summed E-state index contributed by atoms with van der Waals surface area (Å²) in [6.45, 7) is -1.63. The molecule has 6 nitrogen and oxygen atoms in total. The van der Waals surface area contributed by atoms with E-state index in [2.05, 4.69) is 10.1 Å². The van der Waals surface area contributed by atoms with Crippen molar-refractivity contribution in [2.24, 2.45) is 0 Å². The first kappa shape index (κ1) is 23.5. The van der Waals surface area contributed by atoms with Crippen LogP contribution in [0.25, 0.3) is 0 Å². The third-order valence-electron chi connectivity index (χ3n) is 4.50. The predicted octanol–water partition coefficient (Wildman–Crippen LogP) is 4.84. The quantitative estimate of drug-likeness (QED) is 0.387. The molecular formula is C24H18F3NO5. The zero-order valence-corrected chi connectivity index (χ0v) is 17.3. The number of benzene rings is 3. The maximum atomic E-state index is 13.1. The maximum absolute atomic E-state index is 13.1. The Morgan fingerprint density at radius 2 is 1.45 bits per heavy atom. The fraction of sp³-hybridized carbons (Fsp3) is 0.125. The van der Waals surface area contributed by atoms with E-state index < -0.39 is 36.2 Å². The molecule has 170 valence electrons. The fourth-order valence-corrected chi connectivity index (χ4v) is 2.86. The Bertz CT molecular complexity index is 1150. The van der Waals surface area contributed by atoms with E-state index in [9.17, 15) is 27.6 Å². The van der Waals surface area contributed by atoms with Crippen molar-refractivity contribution in [1.82, 2.24) is 0 Å². The number of carbonyl (C=O) groups excluding carboxylic acids is 3. The van der Waals surface area contributed by atoms with Crippen LogP contribution in [0.4, 0.5) is 18.9 Å². The number of anilines is 1. The molecule has 0 radical (unpaired) electrons. The molecule has 3 aromatic rings. The van der Waals surface area contributed by atoms with Crippen LogP contribution in [0.3, 0.4) is 0 Å². The lowest BCUT2D eigenvalue weighted by molar-refractivity contribution is -0.123. The molecule has 0 bridgehead atoms. The molecule has 1 N–H and O–H groups in total. The van der Waals surface area contributed by atoms with Crippen LogP contribution in [0.5, 0.6) is 5.75 Å². The lowest BCUT2D eigenvalue weighted by Crippen LogP contribution is -2.30. The van der Waals surface area contributed by atoms with Crippen molar-refractivity contribution in [2.75, 3.05) is 5.32 Å². The average molecular weight is 457 g/mol. The summed E-state index contributed by atoms with van der Waals surface area (Å²) in [4.78, 5) is 37.8. The summed E-state index contributed by atoms with van der Waals surface area (Å²) in [5.74, 6) is -2.66. The smallest absolute Gasteiger partial charge is 0.387 e. The highest BCUT2D eigenvalue weighted by Gasteiger charge is 2.23. The number of alkyl halides is 2. The molecule has 0 saturated heterocycles. The number of carbonyl (C=O) groups is 3. The summed E-state index contributed by atoms with van der Waals surface area (Å²) in [6, 6.07) is 16.0. The van der Waals surface area contributed by atoms with Gasteiger partial charge in [-0.1, -0.05) is 18.2 Å². The highest BCUT2D eigenvalue weighted by Crippen LogP contribution is 2.19. The molecule has 1 unspecified atom stereocenters. The second-order valence-corrected chi connectivity index (χ2v) is 6.82. The number of esters is 1. The second-order valence-electron chi connectivity index (χ2n) is 6.82. The zero-order valence-electron chi connectivity index (χ0n) is 17.3. The van der Waals surface area contributed by atoms with Gasteiger partial charge in [-0.15, -0.1) is 0 Å². The largest absolute Gasteiger partial charge is 0.449 e. The van der Waals surface area contributed by atoms with Gasteiger partial charge in [0.1, 0.15) is 11.6 Å².